The van der Waals surface area contributed by atoms with Crippen LogP contribution in [0.3, 0.4) is 0 Å². The van der Waals surface area contributed by atoms with Gasteiger partial charge in [0.15, 0.2) is 0 Å². The summed E-state index contributed by atoms with van der Waals surface area (Å²) in [4.78, 5) is 23.2. The van der Waals surface area contributed by atoms with Gasteiger partial charge in [-0.25, -0.2) is 4.39 Å². The quantitative estimate of drug-likeness (QED) is 0.827. The monoisotopic (exact) mass is 267 g/mol. The summed E-state index contributed by atoms with van der Waals surface area (Å²) in [5.41, 5.74) is -0.177. The maximum Gasteiger partial charge on any atom is 0.316 e. The minimum atomic E-state index is -1.24. The van der Waals surface area contributed by atoms with Gasteiger partial charge in [0.25, 0.3) is 0 Å². The van der Waals surface area contributed by atoms with Crippen molar-refractivity contribution in [1.29, 1.82) is 0 Å². The summed E-state index contributed by atoms with van der Waals surface area (Å²) in [5, 5.41) is 11.5. The van der Waals surface area contributed by atoms with Crippen molar-refractivity contribution in [2.45, 2.75) is 27.7 Å². The molecule has 0 fully saturated rings. The first kappa shape index (κ1) is 15.1. The molecule has 4 nitrogen and oxygen atoms in total. The molecular formula is C14H18FNO3. The fourth-order valence-corrected chi connectivity index (χ4v) is 1.86. The number of anilines is 1. The molecule has 0 spiro atoms. The van der Waals surface area contributed by atoms with Crippen molar-refractivity contribution in [3.63, 3.8) is 0 Å². The summed E-state index contributed by atoms with van der Waals surface area (Å²) >= 11 is 0. The minimum Gasteiger partial charge on any atom is -0.481 e. The van der Waals surface area contributed by atoms with Crippen LogP contribution in [0.15, 0.2) is 18.2 Å². The fourth-order valence-electron chi connectivity index (χ4n) is 1.86. The second kappa shape index (κ2) is 5.38. The van der Waals surface area contributed by atoms with Gasteiger partial charge in [-0.3, -0.25) is 9.59 Å². The first-order valence-corrected chi connectivity index (χ1v) is 5.93. The molecule has 1 amide bonds. The van der Waals surface area contributed by atoms with Crippen LogP contribution in [0.1, 0.15) is 26.3 Å². The topological polar surface area (TPSA) is 66.4 Å². The molecule has 1 unspecified atom stereocenters. The maximum atomic E-state index is 13.6. The Morgan fingerprint density at radius 2 is 1.89 bits per heavy atom. The van der Waals surface area contributed by atoms with Gasteiger partial charge in [-0.15, -0.1) is 0 Å². The Bertz CT molecular complexity index is 486. The van der Waals surface area contributed by atoms with Crippen LogP contribution in [0.2, 0.25) is 0 Å². The molecule has 0 heterocycles. The van der Waals surface area contributed by atoms with Crippen LogP contribution in [0.25, 0.3) is 0 Å². The average Bonchev–Trinajstić information content (AvgIpc) is 2.21. The Morgan fingerprint density at radius 3 is 2.32 bits per heavy atom. The number of halogens is 1. The van der Waals surface area contributed by atoms with E-state index in [4.69, 9.17) is 5.11 Å². The van der Waals surface area contributed by atoms with E-state index in [1.165, 1.54) is 12.1 Å². The van der Waals surface area contributed by atoms with Crippen molar-refractivity contribution in [3.8, 4) is 0 Å². The molecule has 5 heteroatoms. The molecule has 0 aliphatic heterocycles. The van der Waals surface area contributed by atoms with Crippen LogP contribution in [0, 0.1) is 24.1 Å². The number of carboxylic acids is 1. The van der Waals surface area contributed by atoms with Crippen LogP contribution in [0.4, 0.5) is 10.1 Å². The Morgan fingerprint density at radius 1 is 1.32 bits per heavy atom. The van der Waals surface area contributed by atoms with E-state index in [0.717, 1.165) is 0 Å². The zero-order chi connectivity index (χ0) is 14.8. The summed E-state index contributed by atoms with van der Waals surface area (Å²) in [5.74, 6) is -3.76. The van der Waals surface area contributed by atoms with Gasteiger partial charge >= 0.3 is 5.97 Å². The van der Waals surface area contributed by atoms with Crippen LogP contribution < -0.4 is 5.32 Å². The predicted octanol–water partition coefficient (Wildman–Crippen LogP) is 2.82. The van der Waals surface area contributed by atoms with E-state index in [0.29, 0.717) is 5.56 Å². The third-order valence-electron chi connectivity index (χ3n) is 2.85. The van der Waals surface area contributed by atoms with Crippen molar-refractivity contribution in [3.05, 3.63) is 29.6 Å². The number of carboxylic acid groups (broad SMARTS) is 1. The lowest BCUT2D eigenvalue weighted by molar-refractivity contribution is -0.149. The lowest BCUT2D eigenvalue weighted by Crippen LogP contribution is -2.39. The van der Waals surface area contributed by atoms with Crippen LogP contribution in [0.5, 0.6) is 0 Å². The minimum absolute atomic E-state index is 0.0306. The number of aliphatic carboxylic acids is 1. The third-order valence-corrected chi connectivity index (χ3v) is 2.85. The SMILES string of the molecule is Cc1cccc(F)c1NC(=O)C(C(=O)O)C(C)(C)C. The molecule has 2 N–H and O–H groups in total. The second-order valence-electron chi connectivity index (χ2n) is 5.56. The Balaban J connectivity index is 3.05. The number of nitrogens with one attached hydrogen (secondary N) is 1. The van der Waals surface area contributed by atoms with E-state index < -0.39 is 29.0 Å². The summed E-state index contributed by atoms with van der Waals surface area (Å²) in [7, 11) is 0. The Hall–Kier alpha value is -1.91. The average molecular weight is 267 g/mol. The lowest BCUT2D eigenvalue weighted by atomic mass is 9.80. The molecule has 0 aromatic heterocycles. The van der Waals surface area contributed by atoms with Gasteiger partial charge in [0.05, 0.1) is 5.69 Å². The standard InChI is InChI=1S/C14H18FNO3/c1-8-6-5-7-9(15)11(8)16-12(17)10(13(18)19)14(2,3)4/h5-7,10H,1-4H3,(H,16,17)(H,18,19). The molecule has 0 radical (unpaired) electrons. The molecule has 0 saturated carbocycles. The molecule has 0 saturated heterocycles. The van der Waals surface area contributed by atoms with Gasteiger partial charge in [-0.2, -0.15) is 0 Å². The molecule has 1 aromatic carbocycles. The summed E-state index contributed by atoms with van der Waals surface area (Å²) in [6.07, 6.45) is 0. The number of rotatable bonds is 3. The van der Waals surface area contributed by atoms with Gasteiger partial charge in [0.1, 0.15) is 11.7 Å². The highest BCUT2D eigenvalue weighted by molar-refractivity contribution is 6.05. The molecule has 19 heavy (non-hydrogen) atoms. The number of carbonyl (C=O) groups is 2. The molecule has 1 atom stereocenters. The van der Waals surface area contributed by atoms with Gasteiger partial charge < -0.3 is 10.4 Å². The van der Waals surface area contributed by atoms with Gasteiger partial charge in [-0.1, -0.05) is 32.9 Å². The van der Waals surface area contributed by atoms with Crippen molar-refractivity contribution in [1.82, 2.24) is 0 Å². The van der Waals surface area contributed by atoms with Crippen molar-refractivity contribution < 1.29 is 19.1 Å². The molecule has 0 aliphatic rings. The number of amides is 1. The highest BCUT2D eigenvalue weighted by Crippen LogP contribution is 2.28. The van der Waals surface area contributed by atoms with Crippen molar-refractivity contribution >= 4 is 17.6 Å². The first-order chi connectivity index (χ1) is 8.64. The number of benzene rings is 1. The van der Waals surface area contributed by atoms with Crippen LogP contribution in [-0.2, 0) is 9.59 Å². The Labute approximate surface area is 111 Å². The van der Waals surface area contributed by atoms with E-state index in [9.17, 15) is 14.0 Å². The fraction of sp³-hybridized carbons (Fsp3) is 0.429. The third kappa shape index (κ3) is 3.53. The van der Waals surface area contributed by atoms with Crippen LogP contribution >= 0.6 is 0 Å². The van der Waals surface area contributed by atoms with E-state index in [1.807, 2.05) is 0 Å². The second-order valence-corrected chi connectivity index (χ2v) is 5.56. The number of aryl methyl sites for hydroxylation is 1. The molecule has 0 bridgehead atoms. The highest BCUT2D eigenvalue weighted by Gasteiger charge is 2.38. The largest absolute Gasteiger partial charge is 0.481 e. The Kier molecular flexibility index (Phi) is 4.29. The predicted molar refractivity (Wildman–Crippen MR) is 70.3 cm³/mol. The zero-order valence-electron chi connectivity index (χ0n) is 11.5. The molecule has 1 rings (SSSR count). The summed E-state index contributed by atoms with van der Waals surface area (Å²) in [6.45, 7) is 6.60. The molecular weight excluding hydrogens is 249 g/mol. The number of hydrogen-bond donors (Lipinski definition) is 2. The van der Waals surface area contributed by atoms with E-state index in [-0.39, 0.29) is 5.69 Å². The molecule has 104 valence electrons. The highest BCUT2D eigenvalue weighted by atomic mass is 19.1. The van der Waals surface area contributed by atoms with Gasteiger partial charge in [-0.05, 0) is 24.0 Å². The zero-order valence-corrected chi connectivity index (χ0v) is 11.5. The summed E-state index contributed by atoms with van der Waals surface area (Å²) < 4.78 is 13.6. The van der Waals surface area contributed by atoms with E-state index in [1.54, 1.807) is 33.8 Å². The van der Waals surface area contributed by atoms with Gasteiger partial charge in [0, 0.05) is 0 Å². The summed E-state index contributed by atoms with van der Waals surface area (Å²) in [6, 6.07) is 4.39. The number of hydrogen-bond acceptors (Lipinski definition) is 2. The number of carbonyl (C=O) groups excluding carboxylic acids is 1. The maximum absolute atomic E-state index is 13.6. The smallest absolute Gasteiger partial charge is 0.316 e. The normalized spacial score (nSPS) is 12.9. The van der Waals surface area contributed by atoms with Crippen LogP contribution in [-0.4, -0.2) is 17.0 Å². The lowest BCUT2D eigenvalue weighted by Gasteiger charge is -2.26. The van der Waals surface area contributed by atoms with E-state index in [2.05, 4.69) is 5.32 Å². The van der Waals surface area contributed by atoms with Gasteiger partial charge in [0.2, 0.25) is 5.91 Å². The molecule has 1 aromatic rings. The van der Waals surface area contributed by atoms with E-state index >= 15 is 0 Å². The number of para-hydroxylation sites is 1. The first-order valence-electron chi connectivity index (χ1n) is 5.93. The molecule has 0 aliphatic carbocycles. The van der Waals surface area contributed by atoms with Crippen molar-refractivity contribution in [2.75, 3.05) is 5.32 Å². The van der Waals surface area contributed by atoms with Crippen molar-refractivity contribution in [2.24, 2.45) is 11.3 Å².